The van der Waals surface area contributed by atoms with Gasteiger partial charge in [0.2, 0.25) is 6.79 Å². The largest absolute Gasteiger partial charge is 0.454 e. The Morgan fingerprint density at radius 1 is 0.674 bits per heavy atom. The van der Waals surface area contributed by atoms with Crippen LogP contribution in [0.25, 0.3) is 22.6 Å². The molecule has 0 radical (unpaired) electrons. The summed E-state index contributed by atoms with van der Waals surface area (Å²) in [6.07, 6.45) is 1.57. The molecule has 5 aromatic rings. The van der Waals surface area contributed by atoms with Crippen molar-refractivity contribution in [3.63, 3.8) is 0 Å². The average Bonchev–Trinajstić information content (AvgIpc) is 3.67. The van der Waals surface area contributed by atoms with E-state index < -0.39 is 0 Å². The summed E-state index contributed by atoms with van der Waals surface area (Å²) in [5, 5.41) is 19.2. The van der Waals surface area contributed by atoms with Crippen LogP contribution in [-0.4, -0.2) is 38.1 Å². The Hall–Kier alpha value is -4.43. The van der Waals surface area contributed by atoms with E-state index in [1.165, 1.54) is 0 Å². The molecule has 0 atom stereocenters. The highest BCUT2D eigenvalue weighted by atomic mass is 16.7. The lowest BCUT2D eigenvalue weighted by molar-refractivity contribution is 0.174. The predicted molar refractivity (Wildman–Crippen MR) is 167 cm³/mol. The Labute approximate surface area is 252 Å². The zero-order valence-corrected chi connectivity index (χ0v) is 24.2. The van der Waals surface area contributed by atoms with E-state index in [1.807, 2.05) is 42.5 Å². The maximum atomic E-state index is 9.59. The van der Waals surface area contributed by atoms with Crippen LogP contribution >= 0.6 is 0 Å². The molecule has 0 fully saturated rings. The number of hydrogen-bond donors (Lipinski definition) is 2. The van der Waals surface area contributed by atoms with Gasteiger partial charge in [-0.25, -0.2) is 4.98 Å². The van der Waals surface area contributed by atoms with Crippen molar-refractivity contribution in [2.24, 2.45) is 0 Å². The van der Waals surface area contributed by atoms with Crippen molar-refractivity contribution in [2.75, 3.05) is 13.4 Å². The number of aliphatic hydroxyl groups is 2. The number of fused-ring (bicyclic) bond motifs is 1. The molecule has 6 rings (SSSR count). The summed E-state index contributed by atoms with van der Waals surface area (Å²) in [5.74, 6) is 2.48. The van der Waals surface area contributed by atoms with Gasteiger partial charge in [0.25, 0.3) is 0 Å². The van der Waals surface area contributed by atoms with Crippen molar-refractivity contribution >= 4 is 0 Å². The van der Waals surface area contributed by atoms with E-state index in [1.54, 1.807) is 0 Å². The minimum Gasteiger partial charge on any atom is -0.454 e. The molecule has 0 saturated carbocycles. The summed E-state index contributed by atoms with van der Waals surface area (Å²) in [6, 6.07) is 35.0. The molecule has 4 aromatic carbocycles. The van der Waals surface area contributed by atoms with Crippen molar-refractivity contribution in [1.82, 2.24) is 14.5 Å². The SMILES string of the molecule is OCCCCn1c(-c2ccccc2)nc(-c2ccccc2)c1CN(Cc1ccc(CO)cc1)Cc1ccc2c(c1)OCO2. The number of nitrogens with zero attached hydrogens (tertiary/aromatic N) is 3. The molecule has 1 aromatic heterocycles. The van der Waals surface area contributed by atoms with Crippen LogP contribution in [0.4, 0.5) is 0 Å². The maximum absolute atomic E-state index is 9.59. The Bertz CT molecular complexity index is 1620. The van der Waals surface area contributed by atoms with Gasteiger partial charge >= 0.3 is 0 Å². The highest BCUT2D eigenvalue weighted by Crippen LogP contribution is 2.34. The van der Waals surface area contributed by atoms with Crippen LogP contribution in [0.5, 0.6) is 11.5 Å². The summed E-state index contributed by atoms with van der Waals surface area (Å²) < 4.78 is 13.6. The molecular formula is C36H37N3O4. The van der Waals surface area contributed by atoms with Crippen LogP contribution in [0.15, 0.2) is 103 Å². The van der Waals surface area contributed by atoms with Gasteiger partial charge in [-0.3, -0.25) is 4.90 Å². The topological polar surface area (TPSA) is 80.0 Å². The molecule has 0 bridgehead atoms. The summed E-state index contributed by atoms with van der Waals surface area (Å²) in [4.78, 5) is 7.70. The molecule has 0 aliphatic carbocycles. The third-order valence-electron chi connectivity index (χ3n) is 7.77. The van der Waals surface area contributed by atoms with Crippen LogP contribution in [0.3, 0.4) is 0 Å². The highest BCUT2D eigenvalue weighted by Gasteiger charge is 2.23. The fraction of sp³-hybridized carbons (Fsp3) is 0.250. The van der Waals surface area contributed by atoms with Crippen LogP contribution in [0, 0.1) is 0 Å². The molecule has 1 aliphatic rings. The van der Waals surface area contributed by atoms with Crippen molar-refractivity contribution in [2.45, 2.75) is 45.6 Å². The number of aromatic nitrogens is 2. The Morgan fingerprint density at radius 3 is 2.05 bits per heavy atom. The van der Waals surface area contributed by atoms with Gasteiger partial charge in [0, 0.05) is 43.9 Å². The molecule has 0 amide bonds. The lowest BCUT2D eigenvalue weighted by atomic mass is 10.1. The molecule has 1 aliphatic heterocycles. The number of ether oxygens (including phenoxy) is 2. The van der Waals surface area contributed by atoms with Gasteiger partial charge in [0.1, 0.15) is 5.82 Å². The smallest absolute Gasteiger partial charge is 0.231 e. The number of aliphatic hydroxyl groups excluding tert-OH is 2. The quantitative estimate of drug-likeness (QED) is 0.158. The zero-order chi connectivity index (χ0) is 29.4. The molecule has 2 N–H and O–H groups in total. The first-order chi connectivity index (χ1) is 21.2. The van der Waals surface area contributed by atoms with Crippen molar-refractivity contribution < 1.29 is 19.7 Å². The molecule has 2 heterocycles. The van der Waals surface area contributed by atoms with Gasteiger partial charge in [-0.1, -0.05) is 91.0 Å². The molecule has 0 saturated heterocycles. The van der Waals surface area contributed by atoms with E-state index in [9.17, 15) is 10.2 Å². The molecule has 7 heteroatoms. The summed E-state index contributed by atoms with van der Waals surface area (Å²) in [6.45, 7) is 3.23. The average molecular weight is 576 g/mol. The van der Waals surface area contributed by atoms with Crippen molar-refractivity contribution in [3.05, 3.63) is 126 Å². The number of rotatable bonds is 13. The monoisotopic (exact) mass is 575 g/mol. The Balaban J connectivity index is 1.42. The van der Waals surface area contributed by atoms with E-state index in [0.29, 0.717) is 19.6 Å². The van der Waals surface area contributed by atoms with E-state index in [2.05, 4.69) is 70.1 Å². The first-order valence-corrected chi connectivity index (χ1v) is 14.8. The van der Waals surface area contributed by atoms with E-state index >= 15 is 0 Å². The van der Waals surface area contributed by atoms with E-state index in [4.69, 9.17) is 14.5 Å². The third kappa shape index (κ3) is 6.81. The van der Waals surface area contributed by atoms with Gasteiger partial charge in [-0.2, -0.15) is 0 Å². The highest BCUT2D eigenvalue weighted by molar-refractivity contribution is 5.68. The van der Waals surface area contributed by atoms with Crippen molar-refractivity contribution in [3.8, 4) is 34.1 Å². The number of hydrogen-bond acceptors (Lipinski definition) is 6. The minimum absolute atomic E-state index is 0.0247. The second-order valence-electron chi connectivity index (χ2n) is 10.9. The minimum atomic E-state index is 0.0247. The second kappa shape index (κ2) is 13.7. The fourth-order valence-corrected chi connectivity index (χ4v) is 5.59. The summed E-state index contributed by atoms with van der Waals surface area (Å²) in [5.41, 5.74) is 7.43. The number of imidazole rings is 1. The van der Waals surface area contributed by atoms with Crippen molar-refractivity contribution in [1.29, 1.82) is 0 Å². The number of benzene rings is 4. The third-order valence-corrected chi connectivity index (χ3v) is 7.77. The molecule has 0 spiro atoms. The summed E-state index contributed by atoms with van der Waals surface area (Å²) >= 11 is 0. The van der Waals surface area contributed by atoms with E-state index in [0.717, 1.165) is 75.9 Å². The van der Waals surface area contributed by atoms with Gasteiger partial charge in [0.15, 0.2) is 11.5 Å². The second-order valence-corrected chi connectivity index (χ2v) is 10.9. The predicted octanol–water partition coefficient (Wildman–Crippen LogP) is 6.41. The first-order valence-electron chi connectivity index (χ1n) is 14.8. The Morgan fingerprint density at radius 2 is 1.33 bits per heavy atom. The van der Waals surface area contributed by atoms with Crippen LogP contribution < -0.4 is 9.47 Å². The zero-order valence-electron chi connectivity index (χ0n) is 24.2. The number of unbranched alkanes of at least 4 members (excludes halogenated alkanes) is 1. The normalized spacial score (nSPS) is 12.3. The van der Waals surface area contributed by atoms with Crippen LogP contribution in [0.1, 0.15) is 35.2 Å². The first kappa shape index (κ1) is 28.7. The van der Waals surface area contributed by atoms with E-state index in [-0.39, 0.29) is 20.0 Å². The maximum Gasteiger partial charge on any atom is 0.231 e. The van der Waals surface area contributed by atoms with Crippen LogP contribution in [-0.2, 0) is 32.8 Å². The molecular weight excluding hydrogens is 538 g/mol. The molecule has 43 heavy (non-hydrogen) atoms. The standard InChI is InChI=1S/C36H37N3O4/c40-20-8-7-19-39-32(35(30-9-3-1-4-10-30)37-36(39)31-11-5-2-6-12-31)24-38(22-27-13-15-28(25-41)16-14-27)23-29-17-18-33-34(21-29)43-26-42-33/h1-6,9-18,21,40-41H,7-8,19-20,22-26H2. The van der Waals surface area contributed by atoms with Crippen LogP contribution in [0.2, 0.25) is 0 Å². The van der Waals surface area contributed by atoms with Gasteiger partial charge in [0.05, 0.1) is 18.0 Å². The van der Waals surface area contributed by atoms with Gasteiger partial charge in [-0.15, -0.1) is 0 Å². The molecule has 220 valence electrons. The van der Waals surface area contributed by atoms with Gasteiger partial charge in [-0.05, 0) is 41.7 Å². The lowest BCUT2D eigenvalue weighted by Gasteiger charge is -2.25. The van der Waals surface area contributed by atoms with Gasteiger partial charge < -0.3 is 24.3 Å². The Kier molecular flexibility index (Phi) is 9.13. The lowest BCUT2D eigenvalue weighted by Crippen LogP contribution is -2.24. The molecule has 7 nitrogen and oxygen atoms in total. The fourth-order valence-electron chi connectivity index (χ4n) is 5.59. The molecule has 0 unspecified atom stereocenters. The summed E-state index contributed by atoms with van der Waals surface area (Å²) in [7, 11) is 0.